The van der Waals surface area contributed by atoms with Gasteiger partial charge in [-0.3, -0.25) is 19.3 Å². The third kappa shape index (κ3) is 2.56. The summed E-state index contributed by atoms with van der Waals surface area (Å²) in [5.41, 5.74) is 2.11. The smallest absolute Gasteiger partial charge is 0.235 e. The number of fused-ring (bicyclic) bond motifs is 5. The molecule has 2 saturated heterocycles. The van der Waals surface area contributed by atoms with Crippen molar-refractivity contribution in [2.45, 2.75) is 25.4 Å². The zero-order chi connectivity index (χ0) is 21.0. The first kappa shape index (κ1) is 18.7. The van der Waals surface area contributed by atoms with E-state index in [1.165, 1.54) is 29.2 Å². The molecule has 2 fully saturated rings. The van der Waals surface area contributed by atoms with E-state index in [0.29, 0.717) is 18.5 Å². The molecule has 0 N–H and O–H groups in total. The summed E-state index contributed by atoms with van der Waals surface area (Å²) in [4.78, 5) is 43.3. The van der Waals surface area contributed by atoms with Crippen LogP contribution in [0.25, 0.3) is 6.08 Å². The molecule has 5 rings (SSSR count). The van der Waals surface area contributed by atoms with Gasteiger partial charge in [-0.15, -0.1) is 0 Å². The van der Waals surface area contributed by atoms with Crippen LogP contribution in [-0.2, 0) is 9.59 Å². The predicted octanol–water partition coefficient (Wildman–Crippen LogP) is 3.30. The molecule has 0 bridgehead atoms. The fraction of sp³-hybridized carbons (Fsp3) is 0.292. The Morgan fingerprint density at radius 3 is 2.43 bits per heavy atom. The lowest BCUT2D eigenvalue weighted by molar-refractivity contribution is -0.140. The van der Waals surface area contributed by atoms with Gasteiger partial charge in [-0.2, -0.15) is 0 Å². The number of rotatable bonds is 4. The Balaban J connectivity index is 1.65. The van der Waals surface area contributed by atoms with E-state index in [4.69, 9.17) is 0 Å². The standard InChI is InChI=1S/C24H21FN2O3/c1-2-13-26-23(29)19-18-12-9-14-5-3-4-6-17(14)27(18)21(20(19)24(26)30)22(28)15-7-10-16(25)11-8-15/h3-12,18-21H,2,13H2,1H3/t18-,19-,20-,21+/m1/s1. The zero-order valence-electron chi connectivity index (χ0n) is 16.5. The van der Waals surface area contributed by atoms with Crippen molar-refractivity contribution in [3.05, 3.63) is 71.6 Å². The molecule has 5 nitrogen and oxygen atoms in total. The molecule has 3 aliphatic rings. The van der Waals surface area contributed by atoms with E-state index in [0.717, 1.165) is 11.3 Å². The monoisotopic (exact) mass is 404 g/mol. The van der Waals surface area contributed by atoms with Crippen molar-refractivity contribution in [1.82, 2.24) is 4.90 Å². The fourth-order valence-corrected chi connectivity index (χ4v) is 5.10. The van der Waals surface area contributed by atoms with Crippen LogP contribution in [0.3, 0.4) is 0 Å². The lowest BCUT2D eigenvalue weighted by Crippen LogP contribution is -2.48. The number of Topliss-reactive ketones (excluding diaryl/α,β-unsaturated/α-hetero) is 1. The number of nitrogens with zero attached hydrogens (tertiary/aromatic N) is 2. The van der Waals surface area contributed by atoms with E-state index in [-0.39, 0.29) is 23.6 Å². The Kier molecular flexibility index (Phi) is 4.31. The second kappa shape index (κ2) is 6.90. The average molecular weight is 404 g/mol. The van der Waals surface area contributed by atoms with E-state index in [9.17, 15) is 18.8 Å². The number of carbonyl (C=O) groups excluding carboxylic acids is 3. The molecule has 0 spiro atoms. The van der Waals surface area contributed by atoms with Crippen LogP contribution in [0, 0.1) is 17.7 Å². The first-order chi connectivity index (χ1) is 14.5. The molecule has 2 amide bonds. The number of halogens is 1. The maximum absolute atomic E-state index is 13.6. The summed E-state index contributed by atoms with van der Waals surface area (Å²) in [5.74, 6) is -2.53. The molecule has 152 valence electrons. The van der Waals surface area contributed by atoms with Gasteiger partial charge in [-0.1, -0.05) is 37.3 Å². The van der Waals surface area contributed by atoms with Gasteiger partial charge < -0.3 is 4.90 Å². The molecule has 0 aliphatic carbocycles. The van der Waals surface area contributed by atoms with Crippen LogP contribution in [0.5, 0.6) is 0 Å². The number of ketones is 1. The number of anilines is 1. The molecule has 0 aromatic heterocycles. The second-order valence-corrected chi connectivity index (χ2v) is 8.01. The summed E-state index contributed by atoms with van der Waals surface area (Å²) in [6.45, 7) is 2.27. The summed E-state index contributed by atoms with van der Waals surface area (Å²) in [5, 5.41) is 0. The number of hydrogen-bond acceptors (Lipinski definition) is 4. The van der Waals surface area contributed by atoms with Gasteiger partial charge in [0, 0.05) is 17.8 Å². The number of carbonyl (C=O) groups is 3. The maximum Gasteiger partial charge on any atom is 0.235 e. The number of likely N-dealkylation sites (tertiary alicyclic amines) is 1. The van der Waals surface area contributed by atoms with Crippen molar-refractivity contribution in [2.24, 2.45) is 11.8 Å². The molecule has 30 heavy (non-hydrogen) atoms. The van der Waals surface area contributed by atoms with Crippen LogP contribution in [0.1, 0.15) is 29.3 Å². The van der Waals surface area contributed by atoms with Gasteiger partial charge in [0.25, 0.3) is 0 Å². The zero-order valence-corrected chi connectivity index (χ0v) is 16.5. The summed E-state index contributed by atoms with van der Waals surface area (Å²) in [6, 6.07) is 11.9. The molecular formula is C24H21FN2O3. The van der Waals surface area contributed by atoms with Crippen LogP contribution in [0.15, 0.2) is 54.6 Å². The molecule has 0 radical (unpaired) electrons. The second-order valence-electron chi connectivity index (χ2n) is 8.01. The third-order valence-corrected chi connectivity index (χ3v) is 6.35. The highest BCUT2D eigenvalue weighted by atomic mass is 19.1. The van der Waals surface area contributed by atoms with E-state index >= 15 is 0 Å². The quantitative estimate of drug-likeness (QED) is 0.580. The molecule has 2 aromatic rings. The molecule has 3 aliphatic heterocycles. The topological polar surface area (TPSA) is 57.7 Å². The Morgan fingerprint density at radius 2 is 1.70 bits per heavy atom. The Morgan fingerprint density at radius 1 is 1.00 bits per heavy atom. The van der Waals surface area contributed by atoms with E-state index in [1.54, 1.807) is 0 Å². The van der Waals surface area contributed by atoms with E-state index in [1.807, 2.05) is 48.2 Å². The van der Waals surface area contributed by atoms with Gasteiger partial charge >= 0.3 is 0 Å². The highest BCUT2D eigenvalue weighted by molar-refractivity contribution is 6.14. The molecule has 3 heterocycles. The van der Waals surface area contributed by atoms with Crippen LogP contribution in [-0.4, -0.2) is 41.1 Å². The van der Waals surface area contributed by atoms with Gasteiger partial charge in [-0.25, -0.2) is 4.39 Å². The van der Waals surface area contributed by atoms with Gasteiger partial charge in [0.15, 0.2) is 5.78 Å². The van der Waals surface area contributed by atoms with E-state index < -0.39 is 23.7 Å². The summed E-state index contributed by atoms with van der Waals surface area (Å²) < 4.78 is 13.4. The van der Waals surface area contributed by atoms with Crippen LogP contribution in [0.4, 0.5) is 10.1 Å². The summed E-state index contributed by atoms with van der Waals surface area (Å²) in [7, 11) is 0. The summed E-state index contributed by atoms with van der Waals surface area (Å²) >= 11 is 0. The minimum absolute atomic E-state index is 0.208. The number of benzene rings is 2. The van der Waals surface area contributed by atoms with Crippen molar-refractivity contribution in [3.8, 4) is 0 Å². The maximum atomic E-state index is 13.6. The normalized spacial score (nSPS) is 26.6. The van der Waals surface area contributed by atoms with Gasteiger partial charge in [0.05, 0.1) is 17.9 Å². The highest BCUT2D eigenvalue weighted by Gasteiger charge is 2.63. The first-order valence-corrected chi connectivity index (χ1v) is 10.2. The fourth-order valence-electron chi connectivity index (χ4n) is 5.10. The SMILES string of the molecule is CCCN1C(=O)[C@@H]2[C@H](C1=O)[C@H]1C=Cc3ccccc3N1[C@@H]2C(=O)c1ccc(F)cc1. The van der Waals surface area contributed by atoms with E-state index in [2.05, 4.69) is 0 Å². The minimum Gasteiger partial charge on any atom is -0.352 e. The molecule has 4 atom stereocenters. The number of hydrogen-bond donors (Lipinski definition) is 0. The van der Waals surface area contributed by atoms with Crippen molar-refractivity contribution < 1.29 is 18.8 Å². The number of amides is 2. The third-order valence-electron chi connectivity index (χ3n) is 6.35. The van der Waals surface area contributed by atoms with Crippen LogP contribution >= 0.6 is 0 Å². The minimum atomic E-state index is -0.810. The lowest BCUT2D eigenvalue weighted by atomic mass is 9.86. The van der Waals surface area contributed by atoms with Gasteiger partial charge in [0.1, 0.15) is 11.9 Å². The lowest BCUT2D eigenvalue weighted by Gasteiger charge is -2.36. The van der Waals surface area contributed by atoms with Gasteiger partial charge in [0.2, 0.25) is 11.8 Å². The van der Waals surface area contributed by atoms with Crippen molar-refractivity contribution in [2.75, 3.05) is 11.4 Å². The molecular weight excluding hydrogens is 383 g/mol. The number of imide groups is 1. The highest BCUT2D eigenvalue weighted by Crippen LogP contribution is 2.48. The Hall–Kier alpha value is -3.28. The Bertz CT molecular complexity index is 1080. The Labute approximate surface area is 173 Å². The average Bonchev–Trinajstić information content (AvgIpc) is 3.23. The van der Waals surface area contributed by atoms with Crippen molar-refractivity contribution in [3.63, 3.8) is 0 Å². The number of para-hydroxylation sites is 1. The van der Waals surface area contributed by atoms with Crippen molar-refractivity contribution in [1.29, 1.82) is 0 Å². The molecule has 2 aromatic carbocycles. The first-order valence-electron chi connectivity index (χ1n) is 10.2. The molecule has 0 saturated carbocycles. The van der Waals surface area contributed by atoms with Gasteiger partial charge in [-0.05, 0) is 42.3 Å². The van der Waals surface area contributed by atoms with Crippen molar-refractivity contribution >= 4 is 29.4 Å². The summed E-state index contributed by atoms with van der Waals surface area (Å²) in [6.07, 6.45) is 4.55. The molecule has 6 heteroatoms. The van der Waals surface area contributed by atoms with Crippen LogP contribution in [0.2, 0.25) is 0 Å². The molecule has 0 unspecified atom stereocenters. The largest absolute Gasteiger partial charge is 0.352 e. The predicted molar refractivity (Wildman–Crippen MR) is 110 cm³/mol. The van der Waals surface area contributed by atoms with Crippen LogP contribution < -0.4 is 4.90 Å².